The number of allylic oxidation sites excluding steroid dienone is 2. The number of anilines is 1. The number of rotatable bonds is 5. The molecule has 3 unspecified atom stereocenters. The summed E-state index contributed by atoms with van der Waals surface area (Å²) in [5, 5.41) is 9.04. The number of nitrogens with zero attached hydrogens (tertiary/aromatic N) is 2. The Morgan fingerprint density at radius 3 is 2.55 bits per heavy atom. The second-order valence-electron chi connectivity index (χ2n) is 7.99. The quantitative estimate of drug-likeness (QED) is 0.827. The van der Waals surface area contributed by atoms with Gasteiger partial charge in [0.05, 0.1) is 12.2 Å². The number of urea groups is 1. The van der Waals surface area contributed by atoms with Gasteiger partial charge in [-0.25, -0.2) is 4.79 Å². The summed E-state index contributed by atoms with van der Waals surface area (Å²) in [6.45, 7) is 7.17. The van der Waals surface area contributed by atoms with Crippen LogP contribution in [0.3, 0.4) is 0 Å². The highest BCUT2D eigenvalue weighted by Gasteiger charge is 2.31. The molecule has 6 heteroatoms. The van der Waals surface area contributed by atoms with E-state index in [1.165, 1.54) is 0 Å². The third kappa shape index (κ3) is 5.34. The molecule has 29 heavy (non-hydrogen) atoms. The highest BCUT2D eigenvalue weighted by Crippen LogP contribution is 2.25. The number of aliphatic hydroxyl groups is 1. The van der Waals surface area contributed by atoms with Gasteiger partial charge in [-0.1, -0.05) is 30.4 Å². The number of aliphatic hydroxyl groups excluding tert-OH is 1. The molecule has 156 valence electrons. The third-order valence-corrected chi connectivity index (χ3v) is 5.31. The summed E-state index contributed by atoms with van der Waals surface area (Å²) in [6, 6.07) is 7.94. The van der Waals surface area contributed by atoms with Crippen molar-refractivity contribution in [2.24, 2.45) is 5.92 Å². The van der Waals surface area contributed by atoms with Crippen molar-refractivity contribution >= 4 is 17.5 Å². The molecule has 1 aromatic carbocycles. The molecule has 6 nitrogen and oxygen atoms in total. The third-order valence-electron chi connectivity index (χ3n) is 5.31. The standard InChI is InChI=1S/C23H30N2O4/c1-16-5-4-6-21(11-16)25(23(28)24-12-17(2)29-18(3)13-24)14-19-7-9-20(10-8-19)22(27)15-26/h4-7,9-11,17-19,26H,8,12-15H2,1-3H3. The Kier molecular flexibility index (Phi) is 6.87. The van der Waals surface area contributed by atoms with Crippen molar-refractivity contribution in [3.05, 3.63) is 53.6 Å². The van der Waals surface area contributed by atoms with Crippen LogP contribution in [0.2, 0.25) is 0 Å². The Balaban J connectivity index is 1.79. The van der Waals surface area contributed by atoms with E-state index in [1.807, 2.05) is 67.0 Å². The number of benzene rings is 1. The molecular weight excluding hydrogens is 368 g/mol. The summed E-state index contributed by atoms with van der Waals surface area (Å²) < 4.78 is 5.78. The lowest BCUT2D eigenvalue weighted by Gasteiger charge is -2.39. The van der Waals surface area contributed by atoms with E-state index < -0.39 is 6.61 Å². The van der Waals surface area contributed by atoms with E-state index in [9.17, 15) is 9.59 Å². The SMILES string of the molecule is Cc1cccc(N(CC2C=CC(C(=O)CO)=CC2)C(=O)N2CC(C)OC(C)C2)c1. The Labute approximate surface area is 172 Å². The Hall–Kier alpha value is -2.44. The number of morpholine rings is 1. The van der Waals surface area contributed by atoms with Crippen LogP contribution in [0.25, 0.3) is 0 Å². The van der Waals surface area contributed by atoms with Crippen LogP contribution < -0.4 is 4.90 Å². The van der Waals surface area contributed by atoms with E-state index in [-0.39, 0.29) is 29.9 Å². The molecule has 1 heterocycles. The first-order valence-corrected chi connectivity index (χ1v) is 10.2. The first kappa shape index (κ1) is 21.3. The van der Waals surface area contributed by atoms with Crippen LogP contribution in [0.1, 0.15) is 25.8 Å². The summed E-state index contributed by atoms with van der Waals surface area (Å²) >= 11 is 0. The molecule has 1 aliphatic carbocycles. The maximum absolute atomic E-state index is 13.5. The fourth-order valence-corrected chi connectivity index (χ4v) is 3.93. The molecule has 1 fully saturated rings. The number of ether oxygens (including phenoxy) is 1. The minimum atomic E-state index is -0.484. The van der Waals surface area contributed by atoms with Crippen LogP contribution in [-0.2, 0) is 9.53 Å². The normalized spacial score (nSPS) is 24.2. The first-order valence-electron chi connectivity index (χ1n) is 10.2. The van der Waals surface area contributed by atoms with E-state index >= 15 is 0 Å². The fraction of sp³-hybridized carbons (Fsp3) is 0.478. The van der Waals surface area contributed by atoms with Gasteiger partial charge in [0.2, 0.25) is 0 Å². The summed E-state index contributed by atoms with van der Waals surface area (Å²) in [5.74, 6) is -0.173. The fourth-order valence-electron chi connectivity index (χ4n) is 3.93. The van der Waals surface area contributed by atoms with Crippen molar-refractivity contribution in [1.29, 1.82) is 0 Å². The van der Waals surface area contributed by atoms with Gasteiger partial charge in [-0.05, 0) is 50.8 Å². The van der Waals surface area contributed by atoms with Gasteiger partial charge in [-0.15, -0.1) is 0 Å². The van der Waals surface area contributed by atoms with Gasteiger partial charge >= 0.3 is 6.03 Å². The minimum absolute atomic E-state index is 0.00613. The zero-order chi connectivity index (χ0) is 21.0. The second-order valence-corrected chi connectivity index (χ2v) is 7.99. The molecule has 1 saturated heterocycles. The van der Waals surface area contributed by atoms with Crippen molar-refractivity contribution in [2.75, 3.05) is 31.1 Å². The Morgan fingerprint density at radius 2 is 1.97 bits per heavy atom. The number of carbonyl (C=O) groups is 2. The zero-order valence-electron chi connectivity index (χ0n) is 17.4. The number of amides is 2. The Bertz CT molecular complexity index is 807. The first-order chi connectivity index (χ1) is 13.9. The molecular formula is C23H30N2O4. The van der Waals surface area contributed by atoms with Gasteiger partial charge in [-0.2, -0.15) is 0 Å². The average molecular weight is 399 g/mol. The number of Topliss-reactive ketones (excluding diaryl/α,β-unsaturated/α-hetero) is 1. The Morgan fingerprint density at radius 1 is 1.24 bits per heavy atom. The molecule has 2 amide bonds. The lowest BCUT2D eigenvalue weighted by molar-refractivity contribution is -0.117. The van der Waals surface area contributed by atoms with Gasteiger partial charge in [0.1, 0.15) is 6.61 Å². The number of hydrogen-bond acceptors (Lipinski definition) is 4. The van der Waals surface area contributed by atoms with E-state index in [1.54, 1.807) is 6.08 Å². The van der Waals surface area contributed by atoms with Crippen molar-refractivity contribution in [1.82, 2.24) is 4.90 Å². The van der Waals surface area contributed by atoms with Gasteiger partial charge in [0.15, 0.2) is 5.78 Å². The maximum atomic E-state index is 13.5. The molecule has 0 spiro atoms. The molecule has 0 aromatic heterocycles. The van der Waals surface area contributed by atoms with Gasteiger partial charge in [0.25, 0.3) is 0 Å². The highest BCUT2D eigenvalue weighted by atomic mass is 16.5. The van der Waals surface area contributed by atoms with E-state index in [0.717, 1.165) is 11.3 Å². The summed E-state index contributed by atoms with van der Waals surface area (Å²) in [5.41, 5.74) is 2.50. The maximum Gasteiger partial charge on any atom is 0.324 e. The topological polar surface area (TPSA) is 70.1 Å². The molecule has 3 atom stereocenters. The number of ketones is 1. The molecule has 1 aliphatic heterocycles. The number of hydrogen-bond donors (Lipinski definition) is 1. The van der Waals surface area contributed by atoms with E-state index in [2.05, 4.69) is 0 Å². The number of aryl methyl sites for hydroxylation is 1. The summed E-state index contributed by atoms with van der Waals surface area (Å²) in [6.07, 6.45) is 6.23. The van der Waals surface area contributed by atoms with E-state index in [4.69, 9.17) is 9.84 Å². The van der Waals surface area contributed by atoms with Gasteiger partial charge < -0.3 is 14.7 Å². The summed E-state index contributed by atoms with van der Waals surface area (Å²) in [4.78, 5) is 28.8. The van der Waals surface area contributed by atoms with Crippen LogP contribution >= 0.6 is 0 Å². The van der Waals surface area contributed by atoms with Crippen LogP contribution in [-0.4, -0.2) is 60.3 Å². The average Bonchev–Trinajstić information content (AvgIpc) is 2.70. The van der Waals surface area contributed by atoms with Crippen LogP contribution in [0, 0.1) is 12.8 Å². The lowest BCUT2D eigenvalue weighted by Crippen LogP contribution is -2.53. The van der Waals surface area contributed by atoms with Crippen LogP contribution in [0.4, 0.5) is 10.5 Å². The molecule has 1 aromatic rings. The zero-order valence-corrected chi connectivity index (χ0v) is 17.4. The summed E-state index contributed by atoms with van der Waals surface area (Å²) in [7, 11) is 0. The van der Waals surface area contributed by atoms with E-state index in [0.29, 0.717) is 31.6 Å². The highest BCUT2D eigenvalue weighted by molar-refractivity contribution is 5.99. The molecule has 0 radical (unpaired) electrons. The number of carbonyl (C=O) groups excluding carboxylic acids is 2. The largest absolute Gasteiger partial charge is 0.388 e. The van der Waals surface area contributed by atoms with Gasteiger partial charge in [-0.3, -0.25) is 9.69 Å². The smallest absolute Gasteiger partial charge is 0.324 e. The van der Waals surface area contributed by atoms with Gasteiger partial charge in [0, 0.05) is 30.9 Å². The lowest BCUT2D eigenvalue weighted by atomic mass is 9.94. The van der Waals surface area contributed by atoms with Crippen LogP contribution in [0.5, 0.6) is 0 Å². The predicted octanol–water partition coefficient (Wildman–Crippen LogP) is 3.09. The molecule has 1 N–H and O–H groups in total. The molecule has 2 aliphatic rings. The second kappa shape index (κ2) is 9.37. The van der Waals surface area contributed by atoms with Crippen molar-refractivity contribution in [3.63, 3.8) is 0 Å². The monoisotopic (exact) mass is 398 g/mol. The minimum Gasteiger partial charge on any atom is -0.388 e. The molecule has 0 bridgehead atoms. The van der Waals surface area contributed by atoms with Crippen molar-refractivity contribution in [2.45, 2.75) is 39.4 Å². The molecule has 0 saturated carbocycles. The molecule has 3 rings (SSSR count). The van der Waals surface area contributed by atoms with Crippen molar-refractivity contribution < 1.29 is 19.4 Å². The predicted molar refractivity (Wildman–Crippen MR) is 113 cm³/mol. The van der Waals surface area contributed by atoms with Crippen molar-refractivity contribution in [3.8, 4) is 0 Å². The van der Waals surface area contributed by atoms with Crippen LogP contribution in [0.15, 0.2) is 48.1 Å².